The number of aromatic hydroxyl groups is 2. The Labute approximate surface area is 182 Å². The summed E-state index contributed by atoms with van der Waals surface area (Å²) in [6.07, 6.45) is 0. The first-order chi connectivity index (χ1) is 14.1. The van der Waals surface area contributed by atoms with Crippen LogP contribution in [0.2, 0.25) is 0 Å². The lowest BCUT2D eigenvalue weighted by Crippen LogP contribution is -2.01. The summed E-state index contributed by atoms with van der Waals surface area (Å²) in [4.78, 5) is 19.6. The van der Waals surface area contributed by atoms with Gasteiger partial charge in [-0.2, -0.15) is 0 Å². The van der Waals surface area contributed by atoms with Gasteiger partial charge in [-0.1, -0.05) is 23.3 Å². The van der Waals surface area contributed by atoms with Gasteiger partial charge in [-0.25, -0.2) is 14.8 Å². The fraction of sp³-hybridized carbons (Fsp3) is 0.174. The lowest BCUT2D eigenvalue weighted by molar-refractivity contribution is 0.0695. The van der Waals surface area contributed by atoms with Gasteiger partial charge in [0, 0.05) is 10.8 Å². The van der Waals surface area contributed by atoms with E-state index in [1.54, 1.807) is 26.0 Å². The quantitative estimate of drug-likeness (QED) is 0.337. The highest BCUT2D eigenvalue weighted by atomic mass is 79.9. The standard InChI is InChI=1S/C12H11NO3.C11H10BrNO/c1-6-3-4-9-8(5-6)10(12(15)16)11(14)7(2)13-9;1-6-3-4-9-8(5-6)10(12)11(14)7(2)13-9/h3-5,14H,1-2H3,(H,15,16);3-5,14H,1-2H3. The smallest absolute Gasteiger partial charge is 0.340 e. The second kappa shape index (κ2) is 8.28. The van der Waals surface area contributed by atoms with Crippen LogP contribution in [-0.2, 0) is 0 Å². The molecule has 0 spiro atoms. The molecule has 154 valence electrons. The van der Waals surface area contributed by atoms with E-state index in [0.717, 1.165) is 26.5 Å². The summed E-state index contributed by atoms with van der Waals surface area (Å²) < 4.78 is 0.726. The SMILES string of the molecule is Cc1ccc2nc(C)c(O)c(Br)c2c1.Cc1ccc2nc(C)c(O)c(C(=O)O)c2c1. The minimum absolute atomic E-state index is 0.0776. The van der Waals surface area contributed by atoms with Crippen molar-refractivity contribution in [3.05, 3.63) is 68.9 Å². The maximum absolute atomic E-state index is 11.1. The molecule has 0 aliphatic heterocycles. The van der Waals surface area contributed by atoms with Crippen molar-refractivity contribution in [1.29, 1.82) is 0 Å². The third-order valence-electron chi connectivity index (χ3n) is 4.73. The molecule has 0 aliphatic rings. The largest absolute Gasteiger partial charge is 0.505 e. The molecular formula is C23H21BrN2O4. The van der Waals surface area contributed by atoms with Gasteiger partial charge in [-0.3, -0.25) is 0 Å². The van der Waals surface area contributed by atoms with Crippen LogP contribution < -0.4 is 0 Å². The zero-order chi connectivity index (χ0) is 22.2. The number of fused-ring (bicyclic) bond motifs is 2. The molecule has 2 heterocycles. The number of aromatic nitrogens is 2. The van der Waals surface area contributed by atoms with Crippen LogP contribution in [0.3, 0.4) is 0 Å². The number of rotatable bonds is 1. The second-order valence-electron chi connectivity index (χ2n) is 7.13. The lowest BCUT2D eigenvalue weighted by atomic mass is 10.0. The maximum atomic E-state index is 11.1. The van der Waals surface area contributed by atoms with Crippen molar-refractivity contribution in [2.75, 3.05) is 0 Å². The molecule has 3 N–H and O–H groups in total. The van der Waals surface area contributed by atoms with Gasteiger partial charge < -0.3 is 15.3 Å². The summed E-state index contributed by atoms with van der Waals surface area (Å²) in [7, 11) is 0. The summed E-state index contributed by atoms with van der Waals surface area (Å²) in [6, 6.07) is 11.3. The first-order valence-corrected chi connectivity index (χ1v) is 9.98. The van der Waals surface area contributed by atoms with Crippen molar-refractivity contribution in [2.24, 2.45) is 0 Å². The third-order valence-corrected chi connectivity index (χ3v) is 5.53. The molecule has 0 saturated heterocycles. The monoisotopic (exact) mass is 468 g/mol. The molecule has 2 aromatic carbocycles. The van der Waals surface area contributed by atoms with Gasteiger partial charge in [0.1, 0.15) is 5.56 Å². The number of aryl methyl sites for hydroxylation is 4. The van der Waals surface area contributed by atoms with E-state index < -0.39 is 5.97 Å². The fourth-order valence-electron chi connectivity index (χ4n) is 3.15. The predicted octanol–water partition coefficient (Wildman–Crippen LogP) is 5.58. The zero-order valence-corrected chi connectivity index (χ0v) is 18.6. The minimum atomic E-state index is -1.14. The molecule has 0 radical (unpaired) electrons. The molecule has 30 heavy (non-hydrogen) atoms. The Morgan fingerprint density at radius 1 is 0.800 bits per heavy atom. The second-order valence-corrected chi connectivity index (χ2v) is 7.92. The molecular weight excluding hydrogens is 448 g/mol. The maximum Gasteiger partial charge on any atom is 0.340 e. The van der Waals surface area contributed by atoms with E-state index in [0.29, 0.717) is 22.3 Å². The number of carboxylic acid groups (broad SMARTS) is 1. The Balaban J connectivity index is 0.000000172. The molecule has 6 nitrogen and oxygen atoms in total. The summed E-state index contributed by atoms with van der Waals surface area (Å²) >= 11 is 3.38. The molecule has 4 rings (SSSR count). The zero-order valence-electron chi connectivity index (χ0n) is 17.0. The number of halogens is 1. The Morgan fingerprint density at radius 2 is 1.27 bits per heavy atom. The molecule has 0 atom stereocenters. The number of nitrogens with zero attached hydrogens (tertiary/aromatic N) is 2. The third kappa shape index (κ3) is 4.07. The highest BCUT2D eigenvalue weighted by Gasteiger charge is 2.17. The number of hydrogen-bond donors (Lipinski definition) is 3. The van der Waals surface area contributed by atoms with Gasteiger partial charge in [0.15, 0.2) is 11.5 Å². The van der Waals surface area contributed by atoms with E-state index in [9.17, 15) is 15.0 Å². The van der Waals surface area contributed by atoms with Crippen molar-refractivity contribution in [1.82, 2.24) is 9.97 Å². The van der Waals surface area contributed by atoms with Gasteiger partial charge >= 0.3 is 5.97 Å². The Kier molecular flexibility index (Phi) is 5.94. The number of benzene rings is 2. The molecule has 4 aromatic rings. The molecule has 0 saturated carbocycles. The summed E-state index contributed by atoms with van der Waals surface area (Å²) in [5.74, 6) is -1.17. The molecule has 0 unspecified atom stereocenters. The highest BCUT2D eigenvalue weighted by Crippen LogP contribution is 2.33. The van der Waals surface area contributed by atoms with Crippen LogP contribution in [0, 0.1) is 27.7 Å². The Morgan fingerprint density at radius 3 is 1.80 bits per heavy atom. The number of hydrogen-bond acceptors (Lipinski definition) is 5. The predicted molar refractivity (Wildman–Crippen MR) is 120 cm³/mol. The first kappa shape index (κ1) is 21.5. The highest BCUT2D eigenvalue weighted by molar-refractivity contribution is 9.10. The topological polar surface area (TPSA) is 104 Å². The Bertz CT molecular complexity index is 1300. The number of aromatic carboxylic acids is 1. The van der Waals surface area contributed by atoms with E-state index in [1.807, 2.05) is 38.1 Å². The van der Waals surface area contributed by atoms with Crippen LogP contribution >= 0.6 is 15.9 Å². The van der Waals surface area contributed by atoms with E-state index in [1.165, 1.54) is 0 Å². The van der Waals surface area contributed by atoms with Crippen molar-refractivity contribution in [3.8, 4) is 11.5 Å². The van der Waals surface area contributed by atoms with Crippen LogP contribution in [0.25, 0.3) is 21.8 Å². The molecule has 2 aromatic heterocycles. The molecule has 7 heteroatoms. The van der Waals surface area contributed by atoms with Gasteiger partial charge in [-0.15, -0.1) is 0 Å². The van der Waals surface area contributed by atoms with Crippen molar-refractivity contribution in [2.45, 2.75) is 27.7 Å². The molecule has 0 amide bonds. The van der Waals surface area contributed by atoms with Gasteiger partial charge in [0.2, 0.25) is 0 Å². The molecule has 0 aliphatic carbocycles. The first-order valence-electron chi connectivity index (χ1n) is 9.18. The average molecular weight is 469 g/mol. The van der Waals surface area contributed by atoms with Gasteiger partial charge in [-0.05, 0) is 67.9 Å². The summed E-state index contributed by atoms with van der Waals surface area (Å²) in [5.41, 5.74) is 4.47. The Hall–Kier alpha value is -3.19. The van der Waals surface area contributed by atoms with Gasteiger partial charge in [0.25, 0.3) is 0 Å². The number of carbonyl (C=O) groups is 1. The van der Waals surface area contributed by atoms with E-state index in [4.69, 9.17) is 5.11 Å². The van der Waals surface area contributed by atoms with Crippen LogP contribution in [0.5, 0.6) is 11.5 Å². The van der Waals surface area contributed by atoms with Crippen LogP contribution in [-0.4, -0.2) is 31.3 Å². The van der Waals surface area contributed by atoms with Crippen LogP contribution in [0.15, 0.2) is 40.9 Å². The minimum Gasteiger partial charge on any atom is -0.505 e. The summed E-state index contributed by atoms with van der Waals surface area (Å²) in [6.45, 7) is 7.26. The normalized spacial score (nSPS) is 10.7. The van der Waals surface area contributed by atoms with E-state index in [2.05, 4.69) is 25.9 Å². The van der Waals surface area contributed by atoms with Crippen LogP contribution in [0.1, 0.15) is 32.9 Å². The van der Waals surface area contributed by atoms with E-state index in [-0.39, 0.29) is 17.1 Å². The van der Waals surface area contributed by atoms with Crippen LogP contribution in [0.4, 0.5) is 0 Å². The lowest BCUT2D eigenvalue weighted by Gasteiger charge is -2.08. The van der Waals surface area contributed by atoms with Crippen molar-refractivity contribution >= 4 is 43.7 Å². The number of carboxylic acids is 1. The summed E-state index contributed by atoms with van der Waals surface area (Å²) in [5, 5.41) is 29.9. The van der Waals surface area contributed by atoms with Crippen molar-refractivity contribution in [3.63, 3.8) is 0 Å². The van der Waals surface area contributed by atoms with E-state index >= 15 is 0 Å². The van der Waals surface area contributed by atoms with Gasteiger partial charge in [0.05, 0.1) is 26.9 Å². The number of pyridine rings is 2. The molecule has 0 fully saturated rings. The van der Waals surface area contributed by atoms with Crippen molar-refractivity contribution < 1.29 is 20.1 Å². The average Bonchev–Trinajstić information content (AvgIpc) is 2.68. The molecule has 0 bridgehead atoms. The fourth-order valence-corrected chi connectivity index (χ4v) is 3.75.